The Hall–Kier alpha value is -1.66. The molecule has 3 saturated heterocycles. The van der Waals surface area contributed by atoms with Crippen molar-refractivity contribution in [3.05, 3.63) is 30.1 Å². The van der Waals surface area contributed by atoms with Crippen LogP contribution in [0, 0.1) is 24.7 Å². The number of allylic oxidation sites excluding steroid dienone is 1. The molecule has 0 aromatic carbocycles. The number of hydrogen-bond acceptors (Lipinski definition) is 4. The van der Waals surface area contributed by atoms with E-state index in [-0.39, 0.29) is 17.4 Å². The van der Waals surface area contributed by atoms with Crippen LogP contribution < -0.4 is 5.32 Å². The molecule has 4 fully saturated rings. The average Bonchev–Trinajstić information content (AvgIpc) is 3.32. The van der Waals surface area contributed by atoms with E-state index in [1.807, 2.05) is 10.8 Å². The van der Waals surface area contributed by atoms with Crippen molar-refractivity contribution in [2.45, 2.75) is 63.8 Å². The number of nitrogens with zero attached hydrogens (tertiary/aromatic N) is 3. The van der Waals surface area contributed by atoms with Crippen LogP contribution in [0.5, 0.6) is 0 Å². The highest BCUT2D eigenvalue weighted by Crippen LogP contribution is 2.54. The first-order chi connectivity index (χ1) is 13.6. The molecule has 1 amide bonds. The maximum absolute atomic E-state index is 12.3. The van der Waals surface area contributed by atoms with Crippen LogP contribution in [-0.2, 0) is 22.6 Å². The average molecular weight is 385 g/mol. The molecule has 1 aliphatic carbocycles. The topological polar surface area (TPSA) is 59.4 Å². The van der Waals surface area contributed by atoms with E-state index in [4.69, 9.17) is 4.74 Å². The Labute approximate surface area is 167 Å². The van der Waals surface area contributed by atoms with E-state index >= 15 is 0 Å². The van der Waals surface area contributed by atoms with Gasteiger partial charge < -0.3 is 10.1 Å². The summed E-state index contributed by atoms with van der Waals surface area (Å²) < 4.78 is 8.51. The van der Waals surface area contributed by atoms with Crippen LogP contribution in [0.4, 0.5) is 0 Å². The van der Waals surface area contributed by atoms with Crippen molar-refractivity contribution in [1.82, 2.24) is 20.0 Å². The van der Waals surface area contributed by atoms with Crippen molar-refractivity contribution in [2.75, 3.05) is 19.6 Å². The molecule has 28 heavy (non-hydrogen) atoms. The maximum Gasteiger partial charge on any atom is 0.223 e. The number of amides is 1. The van der Waals surface area contributed by atoms with Gasteiger partial charge in [-0.3, -0.25) is 14.4 Å². The van der Waals surface area contributed by atoms with Gasteiger partial charge in [-0.15, -0.1) is 6.58 Å². The highest BCUT2D eigenvalue weighted by molar-refractivity contribution is 5.79. The minimum absolute atomic E-state index is 0.0154. The first-order valence-corrected chi connectivity index (χ1v) is 10.9. The summed E-state index contributed by atoms with van der Waals surface area (Å²) >= 11 is 0. The Kier molecular flexibility index (Phi) is 4.59. The van der Waals surface area contributed by atoms with E-state index in [0.717, 1.165) is 57.7 Å². The van der Waals surface area contributed by atoms with Gasteiger partial charge in [0.05, 0.1) is 23.9 Å². The van der Waals surface area contributed by atoms with Crippen LogP contribution in [0.2, 0.25) is 0 Å². The van der Waals surface area contributed by atoms with E-state index in [0.29, 0.717) is 17.9 Å². The van der Waals surface area contributed by atoms with E-state index < -0.39 is 0 Å². The zero-order valence-corrected chi connectivity index (χ0v) is 16.9. The second kappa shape index (κ2) is 6.99. The maximum atomic E-state index is 12.3. The molecule has 0 unspecified atom stereocenters. The second-order valence-corrected chi connectivity index (χ2v) is 9.32. The quantitative estimate of drug-likeness (QED) is 0.733. The van der Waals surface area contributed by atoms with E-state index in [9.17, 15) is 4.79 Å². The van der Waals surface area contributed by atoms with Gasteiger partial charge in [-0.1, -0.05) is 12.5 Å². The predicted molar refractivity (Wildman–Crippen MR) is 107 cm³/mol. The molecule has 1 spiro atoms. The van der Waals surface area contributed by atoms with Crippen molar-refractivity contribution in [2.24, 2.45) is 17.8 Å². The molecular weight excluding hydrogens is 352 g/mol. The smallest absolute Gasteiger partial charge is 0.223 e. The van der Waals surface area contributed by atoms with Gasteiger partial charge >= 0.3 is 0 Å². The third-order valence-corrected chi connectivity index (χ3v) is 7.60. The van der Waals surface area contributed by atoms with Crippen molar-refractivity contribution in [1.29, 1.82) is 0 Å². The fourth-order valence-electron chi connectivity index (χ4n) is 5.89. The minimum atomic E-state index is 0.0154. The number of nitrogens with one attached hydrogen (secondary N) is 1. The molecule has 3 aliphatic heterocycles. The van der Waals surface area contributed by atoms with Gasteiger partial charge in [0.25, 0.3) is 0 Å². The molecule has 1 N–H and O–H groups in total. The van der Waals surface area contributed by atoms with Gasteiger partial charge in [0.15, 0.2) is 0 Å². The van der Waals surface area contributed by atoms with Crippen LogP contribution in [0.3, 0.4) is 0 Å². The molecule has 5 rings (SSSR count). The summed E-state index contributed by atoms with van der Waals surface area (Å²) in [5, 5.41) is 7.85. The zero-order valence-electron chi connectivity index (χ0n) is 16.9. The van der Waals surface area contributed by atoms with E-state index in [2.05, 4.69) is 35.0 Å². The molecule has 2 bridgehead atoms. The molecule has 4 atom stereocenters. The summed E-state index contributed by atoms with van der Waals surface area (Å²) in [7, 11) is 0. The number of fused-ring (bicyclic) bond motifs is 1. The summed E-state index contributed by atoms with van der Waals surface area (Å²) in [5.41, 5.74) is 2.41. The molecule has 0 radical (unpaired) electrons. The number of likely N-dealkylation sites (tertiary alicyclic amines) is 1. The molecule has 6 nitrogen and oxygen atoms in total. The standard InChI is InChI=1S/C22H32N4O2/c1-3-9-26-12-17(15(2)24-26)11-25-13-19-18(10-23-21(27)16-5-4-6-16)20-7-8-22(19,14-25)28-20/h3,12,16,18-20H,1,4-11,13-14H2,2H3,(H,23,27)/t18-,19+,20+,22+/m0/s1. The first kappa shape index (κ1) is 18.4. The Morgan fingerprint density at radius 2 is 2.32 bits per heavy atom. The molecule has 1 aromatic heterocycles. The minimum Gasteiger partial charge on any atom is -0.370 e. The Morgan fingerprint density at radius 1 is 1.46 bits per heavy atom. The van der Waals surface area contributed by atoms with Gasteiger partial charge in [-0.25, -0.2) is 0 Å². The van der Waals surface area contributed by atoms with Crippen LogP contribution >= 0.6 is 0 Å². The fourth-order valence-corrected chi connectivity index (χ4v) is 5.89. The molecule has 1 aromatic rings. The van der Waals surface area contributed by atoms with Crippen LogP contribution in [0.1, 0.15) is 43.4 Å². The normalized spacial score (nSPS) is 34.4. The SMILES string of the molecule is C=CCn1cc(CN2C[C@@H]3[C@H](CNC(=O)C4CCC4)[C@H]4CC[C@]3(C2)O4)c(C)n1. The van der Waals surface area contributed by atoms with Gasteiger partial charge in [0, 0.05) is 55.7 Å². The number of aryl methyl sites for hydroxylation is 1. The summed E-state index contributed by atoms with van der Waals surface area (Å²) in [6, 6.07) is 0. The number of carbonyl (C=O) groups is 1. The monoisotopic (exact) mass is 384 g/mol. The zero-order chi connectivity index (χ0) is 19.3. The number of aromatic nitrogens is 2. The highest BCUT2D eigenvalue weighted by atomic mass is 16.5. The number of rotatable bonds is 7. The van der Waals surface area contributed by atoms with Gasteiger partial charge in [0.2, 0.25) is 5.91 Å². The van der Waals surface area contributed by atoms with Crippen molar-refractivity contribution >= 4 is 5.91 Å². The van der Waals surface area contributed by atoms with Crippen LogP contribution in [0.25, 0.3) is 0 Å². The third kappa shape index (κ3) is 3.01. The summed E-state index contributed by atoms with van der Waals surface area (Å²) in [5.74, 6) is 1.54. The van der Waals surface area contributed by atoms with E-state index in [1.54, 1.807) is 0 Å². The van der Waals surface area contributed by atoms with Crippen molar-refractivity contribution < 1.29 is 9.53 Å². The lowest BCUT2D eigenvalue weighted by Crippen LogP contribution is -2.44. The molecule has 152 valence electrons. The fraction of sp³-hybridized carbons (Fsp3) is 0.727. The Balaban J connectivity index is 1.23. The van der Waals surface area contributed by atoms with Gasteiger partial charge in [0.1, 0.15) is 0 Å². The highest BCUT2D eigenvalue weighted by Gasteiger charge is 2.62. The molecule has 4 heterocycles. The first-order valence-electron chi connectivity index (χ1n) is 10.9. The summed E-state index contributed by atoms with van der Waals surface area (Å²) in [6.07, 6.45) is 10.0. The second-order valence-electron chi connectivity index (χ2n) is 9.32. The molecular formula is C22H32N4O2. The molecule has 4 aliphatic rings. The largest absolute Gasteiger partial charge is 0.370 e. The summed E-state index contributed by atoms with van der Waals surface area (Å²) in [6.45, 7) is 10.4. The van der Waals surface area contributed by atoms with Gasteiger partial charge in [-0.2, -0.15) is 5.10 Å². The lowest BCUT2D eigenvalue weighted by molar-refractivity contribution is -0.127. The van der Waals surface area contributed by atoms with Crippen LogP contribution in [-0.4, -0.2) is 51.9 Å². The third-order valence-electron chi connectivity index (χ3n) is 7.60. The molecule has 1 saturated carbocycles. The Bertz CT molecular complexity index is 771. The van der Waals surface area contributed by atoms with E-state index in [1.165, 1.54) is 18.4 Å². The van der Waals surface area contributed by atoms with Crippen LogP contribution in [0.15, 0.2) is 18.9 Å². The number of ether oxygens (including phenoxy) is 1. The van der Waals surface area contributed by atoms with Crippen molar-refractivity contribution in [3.63, 3.8) is 0 Å². The number of carbonyl (C=O) groups excluding carboxylic acids is 1. The molecule has 6 heteroatoms. The van der Waals surface area contributed by atoms with Crippen molar-refractivity contribution in [3.8, 4) is 0 Å². The summed E-state index contributed by atoms with van der Waals surface area (Å²) in [4.78, 5) is 14.8. The van der Waals surface area contributed by atoms with Gasteiger partial charge in [-0.05, 0) is 32.6 Å². The Morgan fingerprint density at radius 3 is 3.07 bits per heavy atom. The predicted octanol–water partition coefficient (Wildman–Crippen LogP) is 2.27. The lowest BCUT2D eigenvalue weighted by atomic mass is 9.73. The number of hydrogen-bond donors (Lipinski definition) is 1. The lowest BCUT2D eigenvalue weighted by Gasteiger charge is -2.31.